The molecule has 8 heteroatoms. The monoisotopic (exact) mass is 405 g/mol. The van der Waals surface area contributed by atoms with Crippen molar-refractivity contribution in [2.24, 2.45) is 12.8 Å². The van der Waals surface area contributed by atoms with E-state index < -0.39 is 11.7 Å². The van der Waals surface area contributed by atoms with Gasteiger partial charge in [-0.2, -0.15) is 5.10 Å². The molecule has 154 valence electrons. The van der Waals surface area contributed by atoms with Gasteiger partial charge in [0.15, 0.2) is 0 Å². The molecular formula is C22H23N5O3. The number of nitrogens with zero attached hydrogens (tertiary/aromatic N) is 4. The fourth-order valence-electron chi connectivity index (χ4n) is 3.85. The maximum atomic E-state index is 13.0. The molecule has 1 fully saturated rings. The molecule has 8 nitrogen and oxygen atoms in total. The number of carbonyl (C=O) groups is 3. The van der Waals surface area contributed by atoms with Crippen LogP contribution in [-0.2, 0) is 18.4 Å². The normalized spacial score (nSPS) is 14.8. The molecule has 0 spiro atoms. The molecule has 2 amide bonds. The van der Waals surface area contributed by atoms with Crippen LogP contribution < -0.4 is 5.73 Å². The van der Waals surface area contributed by atoms with E-state index in [1.54, 1.807) is 25.2 Å². The number of hydrogen-bond donors (Lipinski definition) is 1. The summed E-state index contributed by atoms with van der Waals surface area (Å²) < 4.78 is 1.33. The van der Waals surface area contributed by atoms with E-state index in [2.05, 4.69) is 22.1 Å². The molecule has 1 aromatic heterocycles. The molecule has 0 unspecified atom stereocenters. The smallest absolute Gasteiger partial charge is 0.291 e. The van der Waals surface area contributed by atoms with Crippen LogP contribution in [0.1, 0.15) is 26.4 Å². The van der Waals surface area contributed by atoms with Crippen LogP contribution in [0.25, 0.3) is 10.9 Å². The topological polar surface area (TPSA) is 102 Å². The molecule has 3 aromatic rings. The van der Waals surface area contributed by atoms with E-state index in [0.29, 0.717) is 29.6 Å². The Morgan fingerprint density at radius 2 is 1.70 bits per heavy atom. The highest BCUT2D eigenvalue weighted by atomic mass is 16.2. The summed E-state index contributed by atoms with van der Waals surface area (Å²) in [6.07, 6.45) is 0. The molecule has 1 saturated heterocycles. The summed E-state index contributed by atoms with van der Waals surface area (Å²) in [7, 11) is 1.57. The first-order valence-electron chi connectivity index (χ1n) is 9.80. The van der Waals surface area contributed by atoms with Gasteiger partial charge in [-0.3, -0.25) is 24.0 Å². The van der Waals surface area contributed by atoms with Gasteiger partial charge in [0.05, 0.1) is 5.52 Å². The molecule has 0 aliphatic carbocycles. The summed E-state index contributed by atoms with van der Waals surface area (Å²) in [6, 6.07) is 15.3. The minimum absolute atomic E-state index is 0.0971. The van der Waals surface area contributed by atoms with Crippen molar-refractivity contribution in [2.75, 3.05) is 26.2 Å². The van der Waals surface area contributed by atoms with Gasteiger partial charge in [0.2, 0.25) is 0 Å². The first kappa shape index (κ1) is 19.8. The quantitative estimate of drug-likeness (QED) is 0.508. The Kier molecular flexibility index (Phi) is 5.33. The summed E-state index contributed by atoms with van der Waals surface area (Å²) in [5, 5.41) is 4.69. The average Bonchev–Trinajstić information content (AvgIpc) is 3.08. The molecule has 0 saturated carbocycles. The van der Waals surface area contributed by atoms with Crippen LogP contribution in [-0.4, -0.2) is 63.4 Å². The highest BCUT2D eigenvalue weighted by molar-refractivity contribution is 6.44. The number of Topliss-reactive ketones (excluding diaryl/α,β-unsaturated/α-hetero) is 1. The summed E-state index contributed by atoms with van der Waals surface area (Å²) in [5.41, 5.74) is 7.51. The third kappa shape index (κ3) is 3.81. The zero-order chi connectivity index (χ0) is 21.3. The third-order valence-corrected chi connectivity index (χ3v) is 5.43. The maximum Gasteiger partial charge on any atom is 0.291 e. The largest absolute Gasteiger partial charge is 0.363 e. The van der Waals surface area contributed by atoms with Crippen molar-refractivity contribution in [1.29, 1.82) is 0 Å². The standard InChI is InChI=1S/C22H23N5O3/c1-25-19(20(28)21(23)29)17-13-16(7-8-18(17)24-25)22(30)27-11-9-26(10-12-27)14-15-5-3-2-4-6-15/h2-8,13H,9-12,14H2,1H3,(H2,23,29). The lowest BCUT2D eigenvalue weighted by Crippen LogP contribution is -2.48. The van der Waals surface area contributed by atoms with Crippen molar-refractivity contribution < 1.29 is 14.4 Å². The Labute approximate surface area is 173 Å². The molecule has 0 radical (unpaired) electrons. The van der Waals surface area contributed by atoms with Crippen molar-refractivity contribution >= 4 is 28.5 Å². The van der Waals surface area contributed by atoms with E-state index in [9.17, 15) is 14.4 Å². The molecule has 0 bridgehead atoms. The molecule has 30 heavy (non-hydrogen) atoms. The number of benzene rings is 2. The second-order valence-corrected chi connectivity index (χ2v) is 7.45. The first-order valence-corrected chi connectivity index (χ1v) is 9.80. The lowest BCUT2D eigenvalue weighted by molar-refractivity contribution is -0.114. The number of rotatable bonds is 5. The summed E-state index contributed by atoms with van der Waals surface area (Å²) in [6.45, 7) is 3.71. The van der Waals surface area contributed by atoms with Gasteiger partial charge in [-0.1, -0.05) is 30.3 Å². The predicted molar refractivity (Wildman–Crippen MR) is 112 cm³/mol. The lowest BCUT2D eigenvalue weighted by atomic mass is 10.1. The molecule has 2 aromatic carbocycles. The van der Waals surface area contributed by atoms with Crippen LogP contribution in [0.3, 0.4) is 0 Å². The van der Waals surface area contributed by atoms with E-state index in [0.717, 1.165) is 19.6 Å². The first-order chi connectivity index (χ1) is 14.4. The van der Waals surface area contributed by atoms with Crippen LogP contribution in [0.5, 0.6) is 0 Å². The van der Waals surface area contributed by atoms with Gasteiger partial charge in [-0.05, 0) is 23.8 Å². The zero-order valence-corrected chi connectivity index (χ0v) is 16.7. The van der Waals surface area contributed by atoms with E-state index >= 15 is 0 Å². The average molecular weight is 405 g/mol. The maximum absolute atomic E-state index is 13.0. The van der Waals surface area contributed by atoms with E-state index in [-0.39, 0.29) is 11.6 Å². The molecule has 1 aliphatic rings. The number of carbonyl (C=O) groups excluding carboxylic acids is 3. The highest BCUT2D eigenvalue weighted by Gasteiger charge is 2.25. The molecule has 1 aliphatic heterocycles. The van der Waals surface area contributed by atoms with Crippen LogP contribution >= 0.6 is 0 Å². The molecule has 0 atom stereocenters. The van der Waals surface area contributed by atoms with Crippen molar-refractivity contribution in [2.45, 2.75) is 6.54 Å². The van der Waals surface area contributed by atoms with Crippen molar-refractivity contribution in [3.8, 4) is 0 Å². The minimum Gasteiger partial charge on any atom is -0.363 e. The number of piperazine rings is 1. The number of primary amides is 1. The number of aryl methyl sites for hydroxylation is 1. The van der Waals surface area contributed by atoms with Gasteiger partial charge in [0.1, 0.15) is 5.69 Å². The van der Waals surface area contributed by atoms with E-state index in [1.807, 2.05) is 23.1 Å². The molecule has 2 heterocycles. The lowest BCUT2D eigenvalue weighted by Gasteiger charge is -2.34. The Morgan fingerprint density at radius 3 is 2.37 bits per heavy atom. The number of hydrogen-bond acceptors (Lipinski definition) is 5. The fraction of sp³-hybridized carbons (Fsp3) is 0.273. The van der Waals surface area contributed by atoms with Crippen molar-refractivity contribution in [3.63, 3.8) is 0 Å². The number of aromatic nitrogens is 2. The fourth-order valence-corrected chi connectivity index (χ4v) is 3.85. The molecule has 2 N–H and O–H groups in total. The van der Waals surface area contributed by atoms with Crippen molar-refractivity contribution in [1.82, 2.24) is 19.6 Å². The van der Waals surface area contributed by atoms with Gasteiger partial charge in [0, 0.05) is 50.7 Å². The Hall–Kier alpha value is -3.52. The number of fused-ring (bicyclic) bond motifs is 1. The SMILES string of the molecule is Cn1nc2ccc(C(=O)N3CCN(Cc4ccccc4)CC3)cc2c1C(=O)C(N)=O. The van der Waals surface area contributed by atoms with Crippen molar-refractivity contribution in [3.05, 3.63) is 65.4 Å². The van der Waals surface area contributed by atoms with Crippen LogP contribution in [0.2, 0.25) is 0 Å². The zero-order valence-electron chi connectivity index (χ0n) is 16.7. The van der Waals surface area contributed by atoms with E-state index in [1.165, 1.54) is 10.2 Å². The van der Waals surface area contributed by atoms with Gasteiger partial charge >= 0.3 is 0 Å². The van der Waals surface area contributed by atoms with Gasteiger partial charge < -0.3 is 10.6 Å². The second kappa shape index (κ2) is 8.08. The minimum atomic E-state index is -1.05. The van der Waals surface area contributed by atoms with Crippen LogP contribution in [0.15, 0.2) is 48.5 Å². The molecular weight excluding hydrogens is 382 g/mol. The summed E-state index contributed by atoms with van der Waals surface area (Å²) in [4.78, 5) is 40.7. The Bertz CT molecular complexity index is 1110. The van der Waals surface area contributed by atoms with Gasteiger partial charge in [0.25, 0.3) is 17.6 Å². The second-order valence-electron chi connectivity index (χ2n) is 7.45. The summed E-state index contributed by atoms with van der Waals surface area (Å²) in [5.74, 6) is -1.97. The third-order valence-electron chi connectivity index (χ3n) is 5.43. The highest BCUT2D eigenvalue weighted by Crippen LogP contribution is 2.21. The summed E-state index contributed by atoms with van der Waals surface area (Å²) >= 11 is 0. The number of ketones is 1. The van der Waals surface area contributed by atoms with Gasteiger partial charge in [-0.15, -0.1) is 0 Å². The predicted octanol–water partition coefficient (Wildman–Crippen LogP) is 1.20. The van der Waals surface area contributed by atoms with Gasteiger partial charge in [-0.25, -0.2) is 0 Å². The van der Waals surface area contributed by atoms with Crippen LogP contribution in [0, 0.1) is 0 Å². The number of nitrogens with two attached hydrogens (primary N) is 1. The Balaban J connectivity index is 1.49. The number of amides is 2. The van der Waals surface area contributed by atoms with E-state index in [4.69, 9.17) is 5.73 Å². The Morgan fingerprint density at radius 1 is 1.00 bits per heavy atom. The van der Waals surface area contributed by atoms with Crippen LogP contribution in [0.4, 0.5) is 0 Å². The molecule has 4 rings (SSSR count).